The molecule has 34 heavy (non-hydrogen) atoms. The van der Waals surface area contributed by atoms with Crippen LogP contribution in [0.1, 0.15) is 12.8 Å². The van der Waals surface area contributed by atoms with Gasteiger partial charge in [0.05, 0.1) is 18.4 Å². The summed E-state index contributed by atoms with van der Waals surface area (Å²) >= 11 is 5.98. The van der Waals surface area contributed by atoms with Gasteiger partial charge in [-0.15, -0.1) is 0 Å². The van der Waals surface area contributed by atoms with Crippen LogP contribution in [-0.2, 0) is 0 Å². The Morgan fingerprint density at radius 3 is 2.53 bits per heavy atom. The first-order valence-electron chi connectivity index (χ1n) is 11.3. The van der Waals surface area contributed by atoms with E-state index in [0.29, 0.717) is 45.7 Å². The Hall–Kier alpha value is -3.42. The van der Waals surface area contributed by atoms with Crippen molar-refractivity contribution < 1.29 is 9.47 Å². The number of fused-ring (bicyclic) bond motifs is 1. The van der Waals surface area contributed by atoms with E-state index in [0.717, 1.165) is 25.2 Å². The summed E-state index contributed by atoms with van der Waals surface area (Å²) < 4.78 is 12.9. The molecule has 4 aromatic rings. The van der Waals surface area contributed by atoms with Crippen LogP contribution >= 0.6 is 11.6 Å². The molecular weight excluding hydrogens is 452 g/mol. The van der Waals surface area contributed by atoms with Crippen molar-refractivity contribution in [3.05, 3.63) is 76.3 Å². The summed E-state index contributed by atoms with van der Waals surface area (Å²) in [6.07, 6.45) is 5.76. The fourth-order valence-corrected chi connectivity index (χ4v) is 4.32. The molecule has 1 aliphatic heterocycles. The second-order valence-electron chi connectivity index (χ2n) is 8.23. The van der Waals surface area contributed by atoms with Crippen LogP contribution in [0.3, 0.4) is 0 Å². The zero-order valence-corrected chi connectivity index (χ0v) is 19.7. The summed E-state index contributed by atoms with van der Waals surface area (Å²) in [5.74, 6) is 1.57. The van der Waals surface area contributed by atoms with Gasteiger partial charge in [-0.3, -0.25) is 14.1 Å². The van der Waals surface area contributed by atoms with E-state index in [1.165, 1.54) is 17.2 Å². The molecule has 0 bridgehead atoms. The van der Waals surface area contributed by atoms with Gasteiger partial charge in [0, 0.05) is 29.5 Å². The number of hydrogen-bond donors (Lipinski definition) is 0. The second kappa shape index (κ2) is 9.83. The van der Waals surface area contributed by atoms with Gasteiger partial charge in [-0.2, -0.15) is 0 Å². The van der Waals surface area contributed by atoms with Crippen molar-refractivity contribution in [2.24, 2.45) is 0 Å². The van der Waals surface area contributed by atoms with Crippen molar-refractivity contribution >= 4 is 17.4 Å². The maximum Gasteiger partial charge on any atom is 0.266 e. The van der Waals surface area contributed by atoms with E-state index in [1.54, 1.807) is 37.7 Å². The van der Waals surface area contributed by atoms with Gasteiger partial charge in [0.1, 0.15) is 6.61 Å². The molecule has 0 atom stereocenters. The molecule has 1 fully saturated rings. The summed E-state index contributed by atoms with van der Waals surface area (Å²) in [6, 6.07) is 14.7. The van der Waals surface area contributed by atoms with Crippen LogP contribution in [0, 0.1) is 0 Å². The van der Waals surface area contributed by atoms with Crippen LogP contribution in [0.15, 0.2) is 65.7 Å². The van der Waals surface area contributed by atoms with Gasteiger partial charge in [0.2, 0.25) is 5.78 Å². The summed E-state index contributed by atoms with van der Waals surface area (Å²) in [4.78, 5) is 24.6. The topological polar surface area (TPSA) is 69.0 Å². The minimum atomic E-state index is -0.204. The number of likely N-dealkylation sites (tertiary alicyclic amines) is 1. The molecule has 0 radical (unpaired) electrons. The van der Waals surface area contributed by atoms with Crippen LogP contribution in [0.25, 0.3) is 28.2 Å². The Morgan fingerprint density at radius 1 is 1.00 bits per heavy atom. The van der Waals surface area contributed by atoms with Gasteiger partial charge < -0.3 is 9.47 Å². The second-order valence-corrected chi connectivity index (χ2v) is 8.67. The summed E-state index contributed by atoms with van der Waals surface area (Å²) in [5, 5.41) is 0.655. The van der Waals surface area contributed by atoms with E-state index in [2.05, 4.69) is 14.9 Å². The highest BCUT2D eigenvalue weighted by Gasteiger charge is 2.14. The van der Waals surface area contributed by atoms with E-state index >= 15 is 0 Å². The molecule has 8 heteroatoms. The zero-order valence-electron chi connectivity index (χ0n) is 18.9. The lowest BCUT2D eigenvalue weighted by Gasteiger charge is -2.16. The first kappa shape index (κ1) is 22.4. The van der Waals surface area contributed by atoms with Gasteiger partial charge in [0.15, 0.2) is 11.5 Å². The molecular formula is C26H25ClN4O3. The van der Waals surface area contributed by atoms with E-state index in [1.807, 2.05) is 30.3 Å². The van der Waals surface area contributed by atoms with Gasteiger partial charge in [-0.05, 0) is 61.8 Å². The van der Waals surface area contributed by atoms with Crippen LogP contribution in [-0.4, -0.2) is 52.6 Å². The number of methoxy groups -OCH3 is 1. The SMILES string of the molecule is COc1cc(-c2cnc3nc(-c4ccc(Cl)cc4)ccn3c2=O)ccc1OCCN1CCCC1. The Morgan fingerprint density at radius 2 is 1.76 bits per heavy atom. The summed E-state index contributed by atoms with van der Waals surface area (Å²) in [5.41, 5.74) is 2.58. The largest absolute Gasteiger partial charge is 0.493 e. The molecule has 0 N–H and O–H groups in total. The molecule has 2 aromatic carbocycles. The van der Waals surface area contributed by atoms with Crippen LogP contribution in [0.4, 0.5) is 0 Å². The molecule has 5 rings (SSSR count). The molecule has 0 saturated carbocycles. The predicted octanol–water partition coefficient (Wildman–Crippen LogP) is 4.56. The number of hydrogen-bond acceptors (Lipinski definition) is 6. The van der Waals surface area contributed by atoms with Gasteiger partial charge in [-0.1, -0.05) is 29.8 Å². The van der Waals surface area contributed by atoms with Crippen molar-refractivity contribution in [2.75, 3.05) is 33.4 Å². The van der Waals surface area contributed by atoms with Crippen molar-refractivity contribution in [1.29, 1.82) is 0 Å². The molecule has 0 unspecified atom stereocenters. The number of aromatic nitrogens is 3. The Balaban J connectivity index is 1.40. The zero-order chi connectivity index (χ0) is 23.5. The van der Waals surface area contributed by atoms with Crippen molar-refractivity contribution in [3.63, 3.8) is 0 Å². The standard InChI is InChI=1S/C26H25ClN4O3/c1-33-24-16-19(6-9-23(24)34-15-14-30-11-2-3-12-30)21-17-28-26-29-22(10-13-31(26)25(21)32)18-4-7-20(27)8-5-18/h4-10,13,16-17H,2-3,11-12,14-15H2,1H3. The molecule has 1 aliphatic rings. The fourth-order valence-electron chi connectivity index (χ4n) is 4.19. The molecule has 3 heterocycles. The monoisotopic (exact) mass is 476 g/mol. The lowest BCUT2D eigenvalue weighted by molar-refractivity contribution is 0.230. The third-order valence-corrected chi connectivity index (χ3v) is 6.31. The van der Waals surface area contributed by atoms with Crippen molar-refractivity contribution in [2.45, 2.75) is 12.8 Å². The third kappa shape index (κ3) is 4.62. The predicted molar refractivity (Wildman–Crippen MR) is 133 cm³/mol. The molecule has 2 aromatic heterocycles. The molecule has 0 amide bonds. The van der Waals surface area contributed by atoms with Crippen LogP contribution in [0.5, 0.6) is 11.5 Å². The highest BCUT2D eigenvalue weighted by atomic mass is 35.5. The third-order valence-electron chi connectivity index (χ3n) is 6.05. The maximum atomic E-state index is 13.2. The normalized spacial score (nSPS) is 13.9. The van der Waals surface area contributed by atoms with Crippen molar-refractivity contribution in [3.8, 4) is 33.9 Å². The molecule has 0 aliphatic carbocycles. The Bertz CT molecular complexity index is 1370. The van der Waals surface area contributed by atoms with Gasteiger partial charge in [-0.25, -0.2) is 9.97 Å². The molecule has 174 valence electrons. The highest BCUT2D eigenvalue weighted by molar-refractivity contribution is 6.30. The van der Waals surface area contributed by atoms with E-state index in [9.17, 15) is 4.79 Å². The number of halogens is 1. The van der Waals surface area contributed by atoms with E-state index in [4.69, 9.17) is 21.1 Å². The minimum Gasteiger partial charge on any atom is -0.493 e. The number of ether oxygens (including phenoxy) is 2. The molecule has 7 nitrogen and oxygen atoms in total. The highest BCUT2D eigenvalue weighted by Crippen LogP contribution is 2.31. The van der Waals surface area contributed by atoms with E-state index < -0.39 is 0 Å². The van der Waals surface area contributed by atoms with Crippen molar-refractivity contribution in [1.82, 2.24) is 19.3 Å². The summed E-state index contributed by atoms with van der Waals surface area (Å²) in [6.45, 7) is 3.76. The number of nitrogens with zero attached hydrogens (tertiary/aromatic N) is 4. The fraction of sp³-hybridized carbons (Fsp3) is 0.269. The average Bonchev–Trinajstić information content (AvgIpc) is 3.38. The lowest BCUT2D eigenvalue weighted by atomic mass is 10.1. The van der Waals surface area contributed by atoms with Crippen LogP contribution < -0.4 is 15.0 Å². The Kier molecular flexibility index (Phi) is 6.47. The first-order chi connectivity index (χ1) is 16.6. The van der Waals surface area contributed by atoms with E-state index in [-0.39, 0.29) is 5.56 Å². The quantitative estimate of drug-likeness (QED) is 0.389. The molecule has 0 spiro atoms. The Labute approximate surface area is 202 Å². The average molecular weight is 477 g/mol. The first-order valence-corrected chi connectivity index (χ1v) is 11.7. The number of benzene rings is 2. The molecule has 1 saturated heterocycles. The number of rotatable bonds is 7. The van der Waals surface area contributed by atoms with Gasteiger partial charge >= 0.3 is 0 Å². The van der Waals surface area contributed by atoms with Gasteiger partial charge in [0.25, 0.3) is 5.56 Å². The lowest BCUT2D eigenvalue weighted by Crippen LogP contribution is -2.25. The summed E-state index contributed by atoms with van der Waals surface area (Å²) in [7, 11) is 1.60. The minimum absolute atomic E-state index is 0.204. The maximum absolute atomic E-state index is 13.2. The van der Waals surface area contributed by atoms with Crippen LogP contribution in [0.2, 0.25) is 5.02 Å². The smallest absolute Gasteiger partial charge is 0.266 e.